The minimum atomic E-state index is -0.774. The van der Waals surface area contributed by atoms with Crippen molar-refractivity contribution in [3.63, 3.8) is 0 Å². The van der Waals surface area contributed by atoms with E-state index < -0.39 is 5.97 Å². The Kier molecular flexibility index (Phi) is 5.69. The minimum Gasteiger partial charge on any atom is -0.481 e. The molecule has 2 amide bonds. The number of nitrogens with one attached hydrogen (secondary N) is 1. The van der Waals surface area contributed by atoms with Crippen LogP contribution in [-0.4, -0.2) is 35.1 Å². The van der Waals surface area contributed by atoms with E-state index in [9.17, 15) is 9.59 Å². The first kappa shape index (κ1) is 16.4. The molecule has 1 aliphatic heterocycles. The SMILES string of the molecule is O=C(O)CC1CCN(C(=O)Nc2ccc(I)cc2Cl)CC1. The summed E-state index contributed by atoms with van der Waals surface area (Å²) in [5.74, 6) is -0.614. The molecule has 5 nitrogen and oxygen atoms in total. The normalized spacial score (nSPS) is 15.8. The Morgan fingerprint density at radius 1 is 1.38 bits per heavy atom. The number of benzene rings is 1. The number of likely N-dealkylation sites (tertiary alicyclic amines) is 1. The molecule has 0 bridgehead atoms. The molecule has 1 aromatic rings. The number of rotatable bonds is 3. The number of carboxylic acid groups (broad SMARTS) is 1. The zero-order valence-corrected chi connectivity index (χ0v) is 14.2. The van der Waals surface area contributed by atoms with Crippen molar-refractivity contribution >= 4 is 51.9 Å². The van der Waals surface area contributed by atoms with E-state index in [0.29, 0.717) is 23.8 Å². The first-order valence-corrected chi connectivity index (χ1v) is 8.14. The maximum atomic E-state index is 12.2. The third-order valence-electron chi connectivity index (χ3n) is 3.54. The predicted molar refractivity (Wildman–Crippen MR) is 89.7 cm³/mol. The minimum absolute atomic E-state index is 0.161. The monoisotopic (exact) mass is 422 g/mol. The number of carbonyl (C=O) groups excluding carboxylic acids is 1. The quantitative estimate of drug-likeness (QED) is 0.730. The lowest BCUT2D eigenvalue weighted by atomic mass is 9.94. The Bertz CT molecular complexity index is 545. The summed E-state index contributed by atoms with van der Waals surface area (Å²) in [5, 5.41) is 12.1. The molecule has 7 heteroatoms. The van der Waals surface area contributed by atoms with Gasteiger partial charge < -0.3 is 15.3 Å². The van der Waals surface area contributed by atoms with E-state index in [1.54, 1.807) is 17.0 Å². The number of carbonyl (C=O) groups is 2. The summed E-state index contributed by atoms with van der Waals surface area (Å²) < 4.78 is 1.00. The lowest BCUT2D eigenvalue weighted by Gasteiger charge is -2.31. The van der Waals surface area contributed by atoms with E-state index in [0.717, 1.165) is 16.4 Å². The molecule has 0 radical (unpaired) electrons. The van der Waals surface area contributed by atoms with Crippen LogP contribution in [0.5, 0.6) is 0 Å². The highest BCUT2D eigenvalue weighted by molar-refractivity contribution is 14.1. The highest BCUT2D eigenvalue weighted by Gasteiger charge is 2.24. The van der Waals surface area contributed by atoms with Gasteiger partial charge in [-0.15, -0.1) is 0 Å². The zero-order chi connectivity index (χ0) is 15.4. The molecule has 2 N–H and O–H groups in total. The summed E-state index contributed by atoms with van der Waals surface area (Å²) in [4.78, 5) is 24.6. The number of hydrogen-bond acceptors (Lipinski definition) is 2. The zero-order valence-electron chi connectivity index (χ0n) is 11.3. The lowest BCUT2D eigenvalue weighted by Crippen LogP contribution is -2.41. The molecule has 0 aliphatic carbocycles. The molecule has 2 rings (SSSR count). The summed E-state index contributed by atoms with van der Waals surface area (Å²) in [5.41, 5.74) is 0.592. The number of hydrogen-bond donors (Lipinski definition) is 2. The van der Waals surface area contributed by atoms with Crippen LogP contribution in [0, 0.1) is 9.49 Å². The van der Waals surface area contributed by atoms with Gasteiger partial charge in [0.05, 0.1) is 10.7 Å². The molecule has 114 valence electrons. The van der Waals surface area contributed by atoms with Gasteiger partial charge in [0.15, 0.2) is 0 Å². The van der Waals surface area contributed by atoms with E-state index in [1.807, 2.05) is 6.07 Å². The predicted octanol–water partition coefficient (Wildman–Crippen LogP) is 3.66. The van der Waals surface area contributed by atoms with Gasteiger partial charge in [-0.3, -0.25) is 4.79 Å². The van der Waals surface area contributed by atoms with Gasteiger partial charge in [0, 0.05) is 23.1 Å². The van der Waals surface area contributed by atoms with E-state index in [1.165, 1.54) is 0 Å². The van der Waals surface area contributed by atoms with Gasteiger partial charge in [-0.2, -0.15) is 0 Å². The third-order valence-corrected chi connectivity index (χ3v) is 4.52. The molecule has 1 saturated heterocycles. The summed E-state index contributed by atoms with van der Waals surface area (Å²) in [6, 6.07) is 5.25. The molecule has 0 spiro atoms. The first-order valence-electron chi connectivity index (χ1n) is 6.68. The number of amides is 2. The molecule has 0 unspecified atom stereocenters. The maximum Gasteiger partial charge on any atom is 0.321 e. The summed E-state index contributed by atoms with van der Waals surface area (Å²) >= 11 is 8.24. The number of halogens is 2. The lowest BCUT2D eigenvalue weighted by molar-refractivity contribution is -0.138. The molecule has 1 fully saturated rings. The Hall–Kier alpha value is -1.02. The van der Waals surface area contributed by atoms with Crippen LogP contribution in [0.3, 0.4) is 0 Å². The Morgan fingerprint density at radius 3 is 2.62 bits per heavy atom. The van der Waals surface area contributed by atoms with Crippen LogP contribution in [0.15, 0.2) is 18.2 Å². The van der Waals surface area contributed by atoms with Gasteiger partial charge >= 0.3 is 12.0 Å². The van der Waals surface area contributed by atoms with Gasteiger partial charge in [0.2, 0.25) is 0 Å². The number of piperidine rings is 1. The Morgan fingerprint density at radius 2 is 2.05 bits per heavy atom. The van der Waals surface area contributed by atoms with Gasteiger partial charge in [0.25, 0.3) is 0 Å². The number of aliphatic carboxylic acids is 1. The Balaban J connectivity index is 1.89. The van der Waals surface area contributed by atoms with E-state index in [2.05, 4.69) is 27.9 Å². The van der Waals surface area contributed by atoms with Crippen molar-refractivity contribution in [1.82, 2.24) is 4.90 Å². The van der Waals surface area contributed by atoms with E-state index >= 15 is 0 Å². The van der Waals surface area contributed by atoms with Crippen LogP contribution >= 0.6 is 34.2 Å². The topological polar surface area (TPSA) is 69.6 Å². The molecular weight excluding hydrogens is 407 g/mol. The number of anilines is 1. The molecule has 1 heterocycles. The molecule has 21 heavy (non-hydrogen) atoms. The van der Waals surface area contributed by atoms with Crippen LogP contribution in [0.25, 0.3) is 0 Å². The average molecular weight is 423 g/mol. The van der Waals surface area contributed by atoms with Crippen molar-refractivity contribution in [3.05, 3.63) is 26.8 Å². The van der Waals surface area contributed by atoms with Crippen LogP contribution in [-0.2, 0) is 4.79 Å². The summed E-state index contributed by atoms with van der Waals surface area (Å²) in [6.45, 7) is 1.15. The fourth-order valence-corrected chi connectivity index (χ4v) is 3.28. The molecule has 1 aromatic carbocycles. The first-order chi connectivity index (χ1) is 9.95. The molecular formula is C14H16ClIN2O3. The van der Waals surface area contributed by atoms with E-state index in [4.69, 9.17) is 16.7 Å². The second-order valence-electron chi connectivity index (χ2n) is 5.08. The van der Waals surface area contributed by atoms with Gasteiger partial charge in [-0.1, -0.05) is 11.6 Å². The number of urea groups is 1. The molecule has 1 aliphatic rings. The van der Waals surface area contributed by atoms with Crippen LogP contribution in [0.1, 0.15) is 19.3 Å². The van der Waals surface area contributed by atoms with Crippen molar-refractivity contribution in [2.75, 3.05) is 18.4 Å². The highest BCUT2D eigenvalue weighted by Crippen LogP contribution is 2.25. The second-order valence-corrected chi connectivity index (χ2v) is 6.74. The third kappa shape index (κ3) is 4.74. The van der Waals surface area contributed by atoms with Gasteiger partial charge in [-0.25, -0.2) is 4.79 Å². The van der Waals surface area contributed by atoms with Crippen molar-refractivity contribution in [1.29, 1.82) is 0 Å². The number of carboxylic acids is 1. The average Bonchev–Trinajstić information content (AvgIpc) is 2.42. The van der Waals surface area contributed by atoms with Crippen molar-refractivity contribution < 1.29 is 14.7 Å². The van der Waals surface area contributed by atoms with Gasteiger partial charge in [0.1, 0.15) is 0 Å². The molecule has 0 saturated carbocycles. The van der Waals surface area contributed by atoms with E-state index in [-0.39, 0.29) is 18.4 Å². The van der Waals surface area contributed by atoms with Crippen molar-refractivity contribution in [3.8, 4) is 0 Å². The van der Waals surface area contributed by atoms with Gasteiger partial charge in [-0.05, 0) is 59.5 Å². The smallest absolute Gasteiger partial charge is 0.321 e. The highest BCUT2D eigenvalue weighted by atomic mass is 127. The second kappa shape index (κ2) is 7.31. The van der Waals surface area contributed by atoms with Crippen LogP contribution < -0.4 is 5.32 Å². The summed E-state index contributed by atoms with van der Waals surface area (Å²) in [7, 11) is 0. The maximum absolute atomic E-state index is 12.2. The van der Waals surface area contributed by atoms with Crippen molar-refractivity contribution in [2.45, 2.75) is 19.3 Å². The number of nitrogens with zero attached hydrogens (tertiary/aromatic N) is 1. The molecule has 0 atom stereocenters. The van der Waals surface area contributed by atoms with Crippen molar-refractivity contribution in [2.24, 2.45) is 5.92 Å². The van der Waals surface area contributed by atoms with Crippen LogP contribution in [0.2, 0.25) is 5.02 Å². The Labute approximate surface area is 141 Å². The molecule has 0 aromatic heterocycles. The largest absolute Gasteiger partial charge is 0.481 e. The fourth-order valence-electron chi connectivity index (χ4n) is 2.37. The standard InChI is InChI=1S/C14H16ClIN2O3/c15-11-8-10(16)1-2-12(11)17-14(21)18-5-3-9(4-6-18)7-13(19)20/h1-2,8-9H,3-7H2,(H,17,21)(H,19,20). The fraction of sp³-hybridized carbons (Fsp3) is 0.429. The van der Waals surface area contributed by atoms with Crippen LogP contribution in [0.4, 0.5) is 10.5 Å². The summed E-state index contributed by atoms with van der Waals surface area (Å²) in [6.07, 6.45) is 1.62.